The average molecular weight is 1550 g/mol. The van der Waals surface area contributed by atoms with Crippen LogP contribution < -0.4 is 62.5 Å². The molecule has 0 saturated carbocycles. The van der Waals surface area contributed by atoms with Gasteiger partial charge >= 0.3 is 0 Å². The zero-order valence-corrected chi connectivity index (χ0v) is 66.7. The summed E-state index contributed by atoms with van der Waals surface area (Å²) in [4.78, 5) is 57.4. The molecule has 0 aliphatic carbocycles. The van der Waals surface area contributed by atoms with E-state index in [1.165, 1.54) is 41.5 Å². The molecule has 0 radical (unpaired) electrons. The fourth-order valence-electron chi connectivity index (χ4n) is 15.6. The Kier molecular flexibility index (Phi) is 22.6. The van der Waals surface area contributed by atoms with E-state index in [2.05, 4.69) is 316 Å². The minimum atomic E-state index is -3.22. The Morgan fingerprint density at radius 3 is 0.632 bits per heavy atom. The van der Waals surface area contributed by atoms with Gasteiger partial charge in [-0.2, -0.15) is 0 Å². The van der Waals surface area contributed by atoms with Crippen LogP contribution in [-0.4, -0.2) is 84.0 Å². The van der Waals surface area contributed by atoms with E-state index in [0.29, 0.717) is 0 Å². The van der Waals surface area contributed by atoms with Gasteiger partial charge in [-0.3, -0.25) is 59.8 Å². The molecule has 12 aromatic heterocycles. The van der Waals surface area contributed by atoms with Crippen LogP contribution in [0.5, 0.6) is 0 Å². The quantitative estimate of drug-likeness (QED) is 0.0559. The first-order valence-electron chi connectivity index (χ1n) is 38.7. The predicted molar refractivity (Wildman–Crippen MR) is 482 cm³/mol. The highest BCUT2D eigenvalue weighted by Gasteiger charge is 2.47. The first-order chi connectivity index (χ1) is 58.0. The van der Waals surface area contributed by atoms with E-state index in [9.17, 15) is 0 Å². The molecule has 15 heteroatoms. The van der Waals surface area contributed by atoms with Crippen molar-refractivity contribution in [3.63, 3.8) is 0 Å². The summed E-state index contributed by atoms with van der Waals surface area (Å²) >= 11 is 0. The molecule has 0 bridgehead atoms. The van der Waals surface area contributed by atoms with Crippen LogP contribution >= 0.6 is 0 Å². The van der Waals surface area contributed by atoms with Crippen molar-refractivity contribution in [1.82, 2.24) is 59.8 Å². The predicted octanol–water partition coefficient (Wildman–Crippen LogP) is 13.6. The van der Waals surface area contributed by atoms with Crippen molar-refractivity contribution in [3.8, 4) is 79.1 Å². The van der Waals surface area contributed by atoms with Crippen molar-refractivity contribution in [2.45, 2.75) is 0 Å². The molecule has 19 aromatic rings. The summed E-state index contributed by atoms with van der Waals surface area (Å²) < 4.78 is 0. The van der Waals surface area contributed by atoms with Gasteiger partial charge in [0.2, 0.25) is 8.07 Å². The molecular formula is C102H76N12Si3. The fraction of sp³-hybridized carbons (Fsp3) is 0. The standard InChI is InChI=1S/C40H28N8Si.C34H26N2Si.C28H22N2Si/c1-5-21-41-33(9-1)29-13-19-39(47-25-29)49(31-15-17-37(45-27-31)35-11-3-7-23-43-35,32-16-18-38(46-28-32)36-12-4-8-24-44-36)40-20-14-30(26-48-40)34-10-2-6-22-42-34;1-5-13-27(14-6-1)33-23-21-31(25-35-33)37(29-17-9-3-10-18-29,30-19-11-4-12-20-30)32-22-24-34(36-26-32)28-15-7-2-8-16-28;1-4-10-24(11-5-1)31(25-12-6-2-7-13-25,26-14-8-3-9-15-26)27-16-17-28(30-22-27)23-18-20-29-21-19-23/h1-28H;1-26H;1-22H. The molecule has 0 aliphatic rings. The SMILES string of the molecule is c1ccc(-c2ccc([Si](c3ccc(-c4ccccn4)nc3)(c3ccc(-c4ccccn4)nc3)c3ccc(-c4ccccn4)cn3)nc2)nc1.c1ccc(-c2ccc([Si](c3ccccc3)(c3ccccc3)c3ccc(-c4ccccc4)nc3)cn2)cc1.c1ccc([Si](c2ccccc2)(c2ccccc2)c2ccc(-c3ccncc3)nc2)cc1. The zero-order valence-electron chi connectivity index (χ0n) is 63.7. The molecule has 12 heterocycles. The van der Waals surface area contributed by atoms with E-state index in [1.807, 2.05) is 146 Å². The van der Waals surface area contributed by atoms with E-state index in [1.54, 1.807) is 24.8 Å². The first-order valence-corrected chi connectivity index (χ1v) is 44.7. The minimum absolute atomic E-state index is 0.785. The molecule has 0 unspecified atom stereocenters. The molecule has 0 fully saturated rings. The van der Waals surface area contributed by atoms with Gasteiger partial charge in [-0.25, -0.2) is 0 Å². The van der Waals surface area contributed by atoms with Crippen molar-refractivity contribution in [1.29, 1.82) is 0 Å². The van der Waals surface area contributed by atoms with Crippen molar-refractivity contribution in [2.75, 3.05) is 0 Å². The highest BCUT2D eigenvalue weighted by molar-refractivity contribution is 7.21. The maximum atomic E-state index is 5.19. The molecule has 0 spiro atoms. The summed E-state index contributed by atoms with van der Waals surface area (Å²) in [5, 5.41) is 14.2. The Labute approximate surface area is 683 Å². The monoisotopic (exact) mass is 1550 g/mol. The van der Waals surface area contributed by atoms with Crippen molar-refractivity contribution >= 4 is 86.7 Å². The highest BCUT2D eigenvalue weighted by atomic mass is 28.3. The molecule has 12 nitrogen and oxygen atoms in total. The second-order valence-corrected chi connectivity index (χ2v) is 39.2. The Morgan fingerprint density at radius 2 is 0.368 bits per heavy atom. The lowest BCUT2D eigenvalue weighted by Crippen LogP contribution is -2.76. The molecule has 0 aliphatic heterocycles. The molecule has 19 rings (SSSR count). The van der Waals surface area contributed by atoms with Gasteiger partial charge in [-0.1, -0.05) is 267 Å². The molecule has 0 saturated heterocycles. The second kappa shape index (κ2) is 35.4. The third-order valence-electron chi connectivity index (χ3n) is 21.2. The normalized spacial score (nSPS) is 11.2. The number of hydrogen-bond acceptors (Lipinski definition) is 12. The zero-order chi connectivity index (χ0) is 78.7. The van der Waals surface area contributed by atoms with Gasteiger partial charge in [-0.05, 0) is 167 Å². The molecule has 0 N–H and O–H groups in total. The van der Waals surface area contributed by atoms with Crippen molar-refractivity contribution in [2.24, 2.45) is 0 Å². The number of nitrogens with zero attached hydrogens (tertiary/aromatic N) is 12. The Hall–Kier alpha value is -15.0. The molecule has 7 aromatic carbocycles. The van der Waals surface area contributed by atoms with Gasteiger partial charge in [0.15, 0.2) is 16.1 Å². The molecule has 0 atom stereocenters. The van der Waals surface area contributed by atoms with Crippen LogP contribution in [0.15, 0.2) is 463 Å². The minimum Gasteiger partial charge on any atom is -0.265 e. The third kappa shape index (κ3) is 15.7. The number of benzene rings is 7. The molecule has 117 heavy (non-hydrogen) atoms. The molecule has 0 amide bonds. The Bertz CT molecular complexity index is 5750. The van der Waals surface area contributed by atoms with E-state index < -0.39 is 24.2 Å². The van der Waals surface area contributed by atoms with E-state index in [-0.39, 0.29) is 0 Å². The van der Waals surface area contributed by atoms with Crippen molar-refractivity contribution < 1.29 is 0 Å². The summed E-state index contributed by atoms with van der Waals surface area (Å²) in [6, 6.07) is 133. The largest absolute Gasteiger partial charge is 0.265 e. The van der Waals surface area contributed by atoms with Crippen LogP contribution in [0.2, 0.25) is 0 Å². The average Bonchev–Trinajstić information content (AvgIpc) is 0.758. The number of rotatable bonds is 19. The summed E-state index contributed by atoms with van der Waals surface area (Å²) in [6.45, 7) is 0. The topological polar surface area (TPSA) is 155 Å². The van der Waals surface area contributed by atoms with E-state index >= 15 is 0 Å². The van der Waals surface area contributed by atoms with E-state index in [0.717, 1.165) is 100 Å². The second-order valence-electron chi connectivity index (χ2n) is 27.9. The van der Waals surface area contributed by atoms with Gasteiger partial charge in [0.1, 0.15) is 0 Å². The number of hydrogen-bond donors (Lipinski definition) is 0. The lowest BCUT2D eigenvalue weighted by Gasteiger charge is -2.34. The van der Waals surface area contributed by atoms with Crippen LogP contribution in [-0.2, 0) is 0 Å². The Balaban J connectivity index is 0.000000130. The number of pyridine rings is 12. The fourth-order valence-corrected chi connectivity index (χ4v) is 29.0. The lowest BCUT2D eigenvalue weighted by molar-refractivity contribution is 1.25. The maximum absolute atomic E-state index is 5.19. The smallest absolute Gasteiger partial charge is 0.226 e. The summed E-state index contributed by atoms with van der Waals surface area (Å²) in [6.07, 6.45) is 24.7. The number of aromatic nitrogens is 12. The van der Waals surface area contributed by atoms with Crippen LogP contribution in [0.1, 0.15) is 0 Å². The first kappa shape index (κ1) is 74.7. The van der Waals surface area contributed by atoms with Gasteiger partial charge < -0.3 is 0 Å². The van der Waals surface area contributed by atoms with E-state index in [4.69, 9.17) is 34.9 Å². The highest BCUT2D eigenvalue weighted by Crippen LogP contribution is 2.24. The summed E-state index contributed by atoms with van der Waals surface area (Å²) in [5.41, 5.74) is 13.0. The lowest BCUT2D eigenvalue weighted by atomic mass is 10.1. The van der Waals surface area contributed by atoms with Gasteiger partial charge in [0, 0.05) is 119 Å². The van der Waals surface area contributed by atoms with Gasteiger partial charge in [0.25, 0.3) is 0 Å². The van der Waals surface area contributed by atoms with Crippen LogP contribution in [0.3, 0.4) is 0 Å². The molecular weight excluding hydrogens is 1480 g/mol. The Morgan fingerprint density at radius 1 is 0.128 bits per heavy atom. The van der Waals surface area contributed by atoms with Gasteiger partial charge in [-0.15, -0.1) is 0 Å². The van der Waals surface area contributed by atoms with Crippen LogP contribution in [0.4, 0.5) is 0 Å². The third-order valence-corrected chi connectivity index (χ3v) is 35.1. The summed E-state index contributed by atoms with van der Waals surface area (Å²) in [5.74, 6) is 0. The molecule has 556 valence electrons. The summed E-state index contributed by atoms with van der Waals surface area (Å²) in [7, 11) is -8.40. The van der Waals surface area contributed by atoms with Crippen LogP contribution in [0, 0.1) is 0 Å². The van der Waals surface area contributed by atoms with Gasteiger partial charge in [0.05, 0.1) is 51.2 Å². The van der Waals surface area contributed by atoms with Crippen molar-refractivity contribution in [3.05, 3.63) is 463 Å². The maximum Gasteiger partial charge on any atom is 0.226 e. The van der Waals surface area contributed by atoms with Crippen LogP contribution in [0.25, 0.3) is 79.1 Å².